The largest absolute Gasteiger partial charge is 0.474 e. The molecule has 2 aliphatic rings. The van der Waals surface area contributed by atoms with Crippen LogP contribution in [0.15, 0.2) is 42.9 Å². The molecule has 0 aliphatic carbocycles. The van der Waals surface area contributed by atoms with E-state index >= 15 is 0 Å². The second kappa shape index (κ2) is 7.97. The molecule has 2 unspecified atom stereocenters. The van der Waals surface area contributed by atoms with Gasteiger partial charge in [-0.15, -0.1) is 0 Å². The maximum absolute atomic E-state index is 6.44. The Kier molecular flexibility index (Phi) is 5.27. The van der Waals surface area contributed by atoms with E-state index in [-0.39, 0.29) is 18.4 Å². The minimum atomic E-state index is -0.343. The summed E-state index contributed by atoms with van der Waals surface area (Å²) in [5.41, 5.74) is 0.964. The molecule has 2 N–H and O–H groups in total. The number of piperazine rings is 1. The van der Waals surface area contributed by atoms with Crippen LogP contribution in [-0.2, 0) is 9.47 Å². The molecule has 2 atom stereocenters. The minimum Gasteiger partial charge on any atom is -0.474 e. The Labute approximate surface area is 147 Å². The van der Waals surface area contributed by atoms with Gasteiger partial charge in [-0.3, -0.25) is 4.90 Å². The molecule has 0 amide bonds. The Bertz CT molecular complexity index is 625. The summed E-state index contributed by atoms with van der Waals surface area (Å²) in [7, 11) is 0. The average Bonchev–Trinajstić information content (AvgIpc) is 3.37. The second-order valence-corrected chi connectivity index (χ2v) is 6.25. The van der Waals surface area contributed by atoms with E-state index in [1.165, 1.54) is 0 Å². The number of ether oxygens (including phenoxy) is 3. The van der Waals surface area contributed by atoms with Crippen molar-refractivity contribution >= 4 is 0 Å². The molecule has 2 aromatic rings. The van der Waals surface area contributed by atoms with Gasteiger partial charge in [-0.05, 0) is 12.1 Å². The first-order valence-corrected chi connectivity index (χ1v) is 8.80. The van der Waals surface area contributed by atoms with Crippen LogP contribution in [0.1, 0.15) is 11.6 Å². The third kappa shape index (κ3) is 3.85. The Hall–Kier alpha value is -1.93. The smallest absolute Gasteiger partial charge is 0.171 e. The van der Waals surface area contributed by atoms with Crippen molar-refractivity contribution < 1.29 is 14.2 Å². The molecule has 25 heavy (non-hydrogen) atoms. The number of nitrogens with one attached hydrogen (secondary N) is 2. The molecule has 2 aliphatic heterocycles. The molecule has 134 valence electrons. The van der Waals surface area contributed by atoms with E-state index in [0.29, 0.717) is 13.2 Å². The van der Waals surface area contributed by atoms with E-state index in [1.54, 1.807) is 6.33 Å². The van der Waals surface area contributed by atoms with Crippen LogP contribution in [-0.4, -0.2) is 66.8 Å². The van der Waals surface area contributed by atoms with Gasteiger partial charge in [-0.2, -0.15) is 0 Å². The standard InChI is InChI=1S/C18H24N4O3/c1-2-4-14(5-3-1)25-17(22-8-6-19-7-9-22)16(15-12-20-13-21-15)18-23-10-11-24-18/h1-5,12-13,16-19H,6-11H2,(H,20,21). The van der Waals surface area contributed by atoms with Crippen molar-refractivity contribution in [3.05, 3.63) is 48.5 Å². The molecule has 7 nitrogen and oxygen atoms in total. The summed E-state index contributed by atoms with van der Waals surface area (Å²) in [5, 5.41) is 3.40. The molecule has 0 saturated carbocycles. The van der Waals surface area contributed by atoms with E-state index in [9.17, 15) is 0 Å². The molecule has 3 heterocycles. The van der Waals surface area contributed by atoms with Crippen LogP contribution in [0.4, 0.5) is 0 Å². The van der Waals surface area contributed by atoms with Crippen molar-refractivity contribution in [1.82, 2.24) is 20.2 Å². The molecule has 1 aromatic carbocycles. The lowest BCUT2D eigenvalue weighted by Crippen LogP contribution is -2.54. The predicted molar refractivity (Wildman–Crippen MR) is 92.3 cm³/mol. The van der Waals surface area contributed by atoms with Crippen LogP contribution in [0.25, 0.3) is 0 Å². The number of imidazole rings is 1. The summed E-state index contributed by atoms with van der Waals surface area (Å²) in [6.45, 7) is 4.92. The predicted octanol–water partition coefficient (Wildman–Crippen LogP) is 1.18. The van der Waals surface area contributed by atoms with E-state index in [1.807, 2.05) is 36.5 Å². The lowest BCUT2D eigenvalue weighted by molar-refractivity contribution is -0.118. The van der Waals surface area contributed by atoms with Gasteiger partial charge in [0, 0.05) is 38.1 Å². The summed E-state index contributed by atoms with van der Waals surface area (Å²) in [6.07, 6.45) is 2.98. The first-order valence-electron chi connectivity index (χ1n) is 8.80. The van der Waals surface area contributed by atoms with Crippen molar-refractivity contribution in [2.75, 3.05) is 39.4 Å². The van der Waals surface area contributed by atoms with Gasteiger partial charge in [0.25, 0.3) is 0 Å². The Morgan fingerprint density at radius 3 is 2.56 bits per heavy atom. The van der Waals surface area contributed by atoms with Crippen molar-refractivity contribution in [2.24, 2.45) is 0 Å². The van der Waals surface area contributed by atoms with E-state index in [4.69, 9.17) is 14.2 Å². The van der Waals surface area contributed by atoms with E-state index in [2.05, 4.69) is 20.2 Å². The molecule has 2 fully saturated rings. The zero-order valence-electron chi connectivity index (χ0n) is 14.1. The highest BCUT2D eigenvalue weighted by atomic mass is 16.7. The zero-order valence-corrected chi connectivity index (χ0v) is 14.1. The van der Waals surface area contributed by atoms with Gasteiger partial charge in [0.2, 0.25) is 0 Å². The number of hydrogen-bond acceptors (Lipinski definition) is 6. The van der Waals surface area contributed by atoms with Gasteiger partial charge in [-0.25, -0.2) is 4.98 Å². The molecule has 0 radical (unpaired) electrons. The fourth-order valence-electron chi connectivity index (χ4n) is 3.42. The first-order chi connectivity index (χ1) is 12.4. The summed E-state index contributed by atoms with van der Waals surface area (Å²) >= 11 is 0. The molecule has 2 saturated heterocycles. The number of hydrogen-bond donors (Lipinski definition) is 2. The van der Waals surface area contributed by atoms with Gasteiger partial charge >= 0.3 is 0 Å². The number of para-hydroxylation sites is 1. The number of nitrogens with zero attached hydrogens (tertiary/aromatic N) is 2. The summed E-state index contributed by atoms with van der Waals surface area (Å²) in [5.74, 6) is 0.733. The van der Waals surface area contributed by atoms with Gasteiger partial charge in [0.15, 0.2) is 12.5 Å². The molecule has 7 heteroatoms. The Morgan fingerprint density at radius 2 is 1.88 bits per heavy atom. The highest BCUT2D eigenvalue weighted by Gasteiger charge is 2.41. The highest BCUT2D eigenvalue weighted by molar-refractivity contribution is 5.22. The summed E-state index contributed by atoms with van der Waals surface area (Å²) < 4.78 is 18.2. The van der Waals surface area contributed by atoms with E-state index < -0.39 is 0 Å². The normalized spacial score (nSPS) is 21.9. The first kappa shape index (κ1) is 16.5. The van der Waals surface area contributed by atoms with Crippen molar-refractivity contribution in [3.63, 3.8) is 0 Å². The maximum atomic E-state index is 6.44. The third-order valence-corrected chi connectivity index (χ3v) is 4.64. The van der Waals surface area contributed by atoms with Gasteiger partial charge in [-0.1, -0.05) is 18.2 Å². The van der Waals surface area contributed by atoms with Crippen molar-refractivity contribution in [2.45, 2.75) is 18.4 Å². The number of rotatable bonds is 6. The van der Waals surface area contributed by atoms with Crippen molar-refractivity contribution in [3.8, 4) is 5.75 Å². The SMILES string of the molecule is c1ccc(OC(C(c2cnc[nH]2)C2OCCO2)N2CCNCC2)cc1. The van der Waals surface area contributed by atoms with Crippen LogP contribution in [0.5, 0.6) is 5.75 Å². The van der Waals surface area contributed by atoms with Gasteiger partial charge < -0.3 is 24.5 Å². The lowest BCUT2D eigenvalue weighted by atomic mass is 10.0. The van der Waals surface area contributed by atoms with Crippen LogP contribution in [0, 0.1) is 0 Å². The van der Waals surface area contributed by atoms with Crippen LogP contribution < -0.4 is 10.1 Å². The topological polar surface area (TPSA) is 71.6 Å². The monoisotopic (exact) mass is 344 g/mol. The Morgan fingerprint density at radius 1 is 1.12 bits per heavy atom. The van der Waals surface area contributed by atoms with Crippen LogP contribution in [0.3, 0.4) is 0 Å². The zero-order chi connectivity index (χ0) is 16.9. The summed E-state index contributed by atoms with van der Waals surface area (Å²) in [6, 6.07) is 9.92. The second-order valence-electron chi connectivity index (χ2n) is 6.25. The lowest BCUT2D eigenvalue weighted by Gasteiger charge is -2.40. The molecular formula is C18H24N4O3. The van der Waals surface area contributed by atoms with Crippen LogP contribution >= 0.6 is 0 Å². The minimum absolute atomic E-state index is 0.108. The number of aromatic nitrogens is 2. The summed E-state index contributed by atoms with van der Waals surface area (Å²) in [4.78, 5) is 9.77. The van der Waals surface area contributed by atoms with Crippen LogP contribution in [0.2, 0.25) is 0 Å². The fourth-order valence-corrected chi connectivity index (χ4v) is 3.42. The number of benzene rings is 1. The molecule has 0 bridgehead atoms. The fraction of sp³-hybridized carbons (Fsp3) is 0.500. The highest BCUT2D eigenvalue weighted by Crippen LogP contribution is 2.32. The molecule has 4 rings (SSSR count). The third-order valence-electron chi connectivity index (χ3n) is 4.64. The van der Waals surface area contributed by atoms with Crippen molar-refractivity contribution in [1.29, 1.82) is 0 Å². The van der Waals surface area contributed by atoms with Gasteiger partial charge in [0.1, 0.15) is 11.7 Å². The number of aromatic amines is 1. The maximum Gasteiger partial charge on any atom is 0.171 e. The molecular weight excluding hydrogens is 320 g/mol. The average molecular weight is 344 g/mol. The molecule has 1 aromatic heterocycles. The van der Waals surface area contributed by atoms with E-state index in [0.717, 1.165) is 37.6 Å². The quantitative estimate of drug-likeness (QED) is 0.820. The number of H-pyrrole nitrogens is 1. The Balaban J connectivity index is 1.65. The van der Waals surface area contributed by atoms with Gasteiger partial charge in [0.05, 0.1) is 19.5 Å². The molecule has 0 spiro atoms.